The van der Waals surface area contributed by atoms with Crippen LogP contribution in [0.15, 0.2) is 17.5 Å². The molecule has 3 aromatic heterocycles. The van der Waals surface area contributed by atoms with Crippen LogP contribution < -0.4 is 5.32 Å². The van der Waals surface area contributed by atoms with E-state index in [-0.39, 0.29) is 0 Å². The van der Waals surface area contributed by atoms with Crippen molar-refractivity contribution in [2.45, 2.75) is 6.54 Å². The summed E-state index contributed by atoms with van der Waals surface area (Å²) in [7, 11) is 1.70. The number of fused-ring (bicyclic) bond motifs is 1. The van der Waals surface area contributed by atoms with E-state index in [4.69, 9.17) is 4.74 Å². The van der Waals surface area contributed by atoms with Gasteiger partial charge in [-0.15, -0.1) is 32.9 Å². The molecule has 0 bridgehead atoms. The number of hydrogen-bond donors (Lipinski definition) is 1. The van der Waals surface area contributed by atoms with Crippen LogP contribution in [0.2, 0.25) is 0 Å². The zero-order valence-electron chi connectivity index (χ0n) is 10.4. The molecule has 19 heavy (non-hydrogen) atoms. The largest absolute Gasteiger partial charge is 0.383 e. The fourth-order valence-corrected chi connectivity index (χ4v) is 4.62. The zero-order chi connectivity index (χ0) is 13.1. The van der Waals surface area contributed by atoms with Gasteiger partial charge in [0.25, 0.3) is 0 Å². The molecule has 3 rings (SSSR count). The van der Waals surface area contributed by atoms with Gasteiger partial charge < -0.3 is 10.1 Å². The highest BCUT2D eigenvalue weighted by Gasteiger charge is 2.10. The van der Waals surface area contributed by atoms with E-state index in [1.165, 1.54) is 14.3 Å². The number of aromatic nitrogens is 2. The van der Waals surface area contributed by atoms with E-state index < -0.39 is 0 Å². The molecule has 3 heterocycles. The first-order chi connectivity index (χ1) is 9.36. The number of nitrogens with one attached hydrogen (secondary N) is 1. The lowest BCUT2D eigenvalue weighted by atomic mass is 10.4. The first kappa shape index (κ1) is 13.1. The number of ether oxygens (including phenoxy) is 1. The Balaban J connectivity index is 1.68. The third-order valence-corrected chi connectivity index (χ3v) is 5.76. The Morgan fingerprint density at radius 2 is 2.21 bits per heavy atom. The zero-order valence-corrected chi connectivity index (χ0v) is 12.8. The third kappa shape index (κ3) is 3.01. The topological polar surface area (TPSA) is 47.0 Å². The smallest absolute Gasteiger partial charge is 0.157 e. The van der Waals surface area contributed by atoms with E-state index in [9.17, 15) is 0 Å². The Labute approximate surface area is 123 Å². The fraction of sp³-hybridized carbons (Fsp3) is 0.333. The van der Waals surface area contributed by atoms with Gasteiger partial charge in [-0.2, -0.15) is 0 Å². The summed E-state index contributed by atoms with van der Waals surface area (Å²) in [5.74, 6) is 0. The maximum Gasteiger partial charge on any atom is 0.157 e. The number of thiophene rings is 2. The standard InChI is InChI=1S/C12H13N3OS3/c1-16-4-3-13-7-11-14-15-12(19-11)10-6-9-8(18-10)2-5-17-9/h2,5-6,13H,3-4,7H2,1H3. The van der Waals surface area contributed by atoms with Crippen molar-refractivity contribution in [3.05, 3.63) is 22.5 Å². The second-order valence-electron chi connectivity index (χ2n) is 3.93. The van der Waals surface area contributed by atoms with Crippen molar-refractivity contribution in [3.63, 3.8) is 0 Å². The van der Waals surface area contributed by atoms with Gasteiger partial charge in [-0.3, -0.25) is 0 Å². The van der Waals surface area contributed by atoms with Crippen LogP contribution in [0.25, 0.3) is 19.3 Å². The van der Waals surface area contributed by atoms with Crippen LogP contribution in [-0.4, -0.2) is 30.5 Å². The summed E-state index contributed by atoms with van der Waals surface area (Å²) in [6.45, 7) is 2.30. The monoisotopic (exact) mass is 311 g/mol. The third-order valence-electron chi connectivity index (χ3n) is 2.58. The fourth-order valence-electron chi connectivity index (χ4n) is 1.67. The minimum Gasteiger partial charge on any atom is -0.383 e. The SMILES string of the molecule is COCCNCc1nnc(-c2cc3sccc3s2)s1. The van der Waals surface area contributed by atoms with Gasteiger partial charge in [0.1, 0.15) is 5.01 Å². The summed E-state index contributed by atoms with van der Waals surface area (Å²) in [5, 5.41) is 15.9. The van der Waals surface area contributed by atoms with Crippen LogP contribution >= 0.6 is 34.0 Å². The van der Waals surface area contributed by atoms with Gasteiger partial charge in [-0.05, 0) is 17.5 Å². The molecule has 100 valence electrons. The predicted molar refractivity (Wildman–Crippen MR) is 82.2 cm³/mol. The van der Waals surface area contributed by atoms with Gasteiger partial charge in [-0.1, -0.05) is 11.3 Å². The molecule has 0 aliphatic rings. The lowest BCUT2D eigenvalue weighted by Gasteiger charge is -1.99. The molecule has 0 aliphatic heterocycles. The molecule has 3 aromatic rings. The van der Waals surface area contributed by atoms with Crippen molar-refractivity contribution in [1.29, 1.82) is 0 Å². The number of nitrogens with zero attached hydrogens (tertiary/aromatic N) is 2. The van der Waals surface area contributed by atoms with E-state index in [1.807, 2.05) is 0 Å². The quantitative estimate of drug-likeness (QED) is 0.710. The Bertz CT molecular complexity index is 629. The molecule has 0 atom stereocenters. The minimum atomic E-state index is 0.715. The second-order valence-corrected chi connectivity index (χ2v) is 7.02. The molecular weight excluding hydrogens is 298 g/mol. The maximum atomic E-state index is 4.99. The lowest BCUT2D eigenvalue weighted by Crippen LogP contribution is -2.18. The molecule has 7 heteroatoms. The van der Waals surface area contributed by atoms with Gasteiger partial charge in [0.2, 0.25) is 0 Å². The summed E-state index contributed by atoms with van der Waals surface area (Å²) in [6, 6.07) is 4.36. The summed E-state index contributed by atoms with van der Waals surface area (Å²) in [6.07, 6.45) is 0. The maximum absolute atomic E-state index is 4.99. The number of rotatable bonds is 6. The molecule has 1 N–H and O–H groups in total. The minimum absolute atomic E-state index is 0.715. The molecular formula is C12H13N3OS3. The second kappa shape index (κ2) is 6.06. The molecule has 0 spiro atoms. The lowest BCUT2D eigenvalue weighted by molar-refractivity contribution is 0.199. The Morgan fingerprint density at radius 1 is 1.26 bits per heavy atom. The van der Waals surface area contributed by atoms with Gasteiger partial charge in [-0.25, -0.2) is 0 Å². The molecule has 0 radical (unpaired) electrons. The summed E-state index contributed by atoms with van der Waals surface area (Å²) < 4.78 is 7.64. The number of hydrogen-bond acceptors (Lipinski definition) is 7. The molecule has 0 saturated heterocycles. The highest BCUT2D eigenvalue weighted by Crippen LogP contribution is 2.37. The van der Waals surface area contributed by atoms with Gasteiger partial charge >= 0.3 is 0 Å². The van der Waals surface area contributed by atoms with E-state index in [0.29, 0.717) is 6.61 Å². The molecule has 0 aromatic carbocycles. The van der Waals surface area contributed by atoms with Crippen molar-refractivity contribution in [2.24, 2.45) is 0 Å². The summed E-state index contributed by atoms with van der Waals surface area (Å²) in [4.78, 5) is 1.21. The Kier molecular flexibility index (Phi) is 4.19. The van der Waals surface area contributed by atoms with Crippen LogP contribution in [0.4, 0.5) is 0 Å². The van der Waals surface area contributed by atoms with Crippen molar-refractivity contribution >= 4 is 43.4 Å². The van der Waals surface area contributed by atoms with Crippen molar-refractivity contribution in [2.75, 3.05) is 20.3 Å². The molecule has 0 amide bonds. The van der Waals surface area contributed by atoms with Crippen molar-refractivity contribution < 1.29 is 4.74 Å². The summed E-state index contributed by atoms with van der Waals surface area (Å²) >= 11 is 5.20. The van der Waals surface area contributed by atoms with Gasteiger partial charge in [0.05, 0.1) is 11.5 Å². The summed E-state index contributed by atoms with van der Waals surface area (Å²) in [5.41, 5.74) is 0. The van der Waals surface area contributed by atoms with Crippen molar-refractivity contribution in [3.8, 4) is 9.88 Å². The predicted octanol–water partition coefficient (Wildman–Crippen LogP) is 3.22. The van der Waals surface area contributed by atoms with E-state index in [1.54, 1.807) is 41.1 Å². The van der Waals surface area contributed by atoms with Crippen LogP contribution in [0.5, 0.6) is 0 Å². The first-order valence-corrected chi connectivity index (χ1v) is 8.37. The molecule has 0 unspecified atom stereocenters. The first-order valence-electron chi connectivity index (χ1n) is 5.86. The van der Waals surface area contributed by atoms with Crippen LogP contribution in [0.1, 0.15) is 5.01 Å². The molecule has 0 aliphatic carbocycles. The van der Waals surface area contributed by atoms with Crippen LogP contribution in [0, 0.1) is 0 Å². The average molecular weight is 311 g/mol. The molecule has 0 fully saturated rings. The van der Waals surface area contributed by atoms with Crippen molar-refractivity contribution in [1.82, 2.24) is 15.5 Å². The van der Waals surface area contributed by atoms with Crippen LogP contribution in [0.3, 0.4) is 0 Å². The highest BCUT2D eigenvalue weighted by molar-refractivity contribution is 7.30. The molecule has 0 saturated carbocycles. The van der Waals surface area contributed by atoms with Gasteiger partial charge in [0.15, 0.2) is 5.01 Å². The Hall–Kier alpha value is -0.860. The van der Waals surface area contributed by atoms with Gasteiger partial charge in [0, 0.05) is 29.6 Å². The van der Waals surface area contributed by atoms with Crippen LogP contribution in [-0.2, 0) is 11.3 Å². The Morgan fingerprint density at radius 3 is 3.05 bits per heavy atom. The highest BCUT2D eigenvalue weighted by atomic mass is 32.1. The average Bonchev–Trinajstić information content (AvgIpc) is 3.08. The molecule has 4 nitrogen and oxygen atoms in total. The van der Waals surface area contributed by atoms with E-state index >= 15 is 0 Å². The van der Waals surface area contributed by atoms with E-state index in [0.717, 1.165) is 23.1 Å². The normalized spacial score (nSPS) is 11.4. The number of methoxy groups -OCH3 is 1. The van der Waals surface area contributed by atoms with E-state index in [2.05, 4.69) is 33.0 Å².